The lowest BCUT2D eigenvalue weighted by Crippen LogP contribution is -2.15. The molecular weight excluding hydrogens is 358 g/mol. The number of para-hydroxylation sites is 1. The Kier molecular flexibility index (Phi) is 5.67. The molecule has 0 radical (unpaired) electrons. The summed E-state index contributed by atoms with van der Waals surface area (Å²) >= 11 is 0. The Hall–Kier alpha value is -4.12. The van der Waals surface area contributed by atoms with Gasteiger partial charge in [0, 0.05) is 12.1 Å². The van der Waals surface area contributed by atoms with Crippen molar-refractivity contribution in [3.05, 3.63) is 66.1 Å². The Bertz CT molecular complexity index is 1050. The molecule has 8 nitrogen and oxygen atoms in total. The van der Waals surface area contributed by atoms with E-state index in [-0.39, 0.29) is 5.69 Å². The largest absolute Gasteiger partial charge is 0.497 e. The molecule has 0 saturated heterocycles. The van der Waals surface area contributed by atoms with E-state index < -0.39 is 5.91 Å². The summed E-state index contributed by atoms with van der Waals surface area (Å²) in [5, 5.41) is 15.0. The van der Waals surface area contributed by atoms with Crippen LogP contribution >= 0.6 is 0 Å². The minimum atomic E-state index is -0.439. The second kappa shape index (κ2) is 8.51. The van der Waals surface area contributed by atoms with Crippen LogP contribution < -0.4 is 20.1 Å². The molecule has 28 heavy (non-hydrogen) atoms. The van der Waals surface area contributed by atoms with Crippen LogP contribution in [-0.4, -0.2) is 30.1 Å². The average molecular weight is 375 g/mol. The van der Waals surface area contributed by atoms with Gasteiger partial charge in [0.1, 0.15) is 35.4 Å². The number of ether oxygens (including phenoxy) is 2. The Labute approximate surface area is 161 Å². The topological polar surface area (TPSA) is 109 Å². The summed E-state index contributed by atoms with van der Waals surface area (Å²) in [4.78, 5) is 20.8. The summed E-state index contributed by atoms with van der Waals surface area (Å²) in [7, 11) is 3.05. The first-order valence-electron chi connectivity index (χ1n) is 8.26. The van der Waals surface area contributed by atoms with Crippen molar-refractivity contribution in [1.82, 2.24) is 9.97 Å². The number of aromatic nitrogens is 2. The summed E-state index contributed by atoms with van der Waals surface area (Å²) in [6.07, 6.45) is 1.27. The van der Waals surface area contributed by atoms with E-state index in [0.29, 0.717) is 34.3 Å². The summed E-state index contributed by atoms with van der Waals surface area (Å²) in [6.45, 7) is 0. The Morgan fingerprint density at radius 1 is 1.04 bits per heavy atom. The number of amides is 1. The molecular formula is C20H17N5O3. The molecule has 2 aromatic carbocycles. The highest BCUT2D eigenvalue weighted by molar-refractivity contribution is 6.04. The number of carbonyl (C=O) groups is 1. The number of hydrogen-bond acceptors (Lipinski definition) is 7. The highest BCUT2D eigenvalue weighted by atomic mass is 16.5. The second-order valence-corrected chi connectivity index (χ2v) is 5.59. The fourth-order valence-corrected chi connectivity index (χ4v) is 2.48. The molecule has 0 aliphatic rings. The van der Waals surface area contributed by atoms with Crippen molar-refractivity contribution in [2.45, 2.75) is 0 Å². The molecule has 0 aliphatic heterocycles. The maximum absolute atomic E-state index is 12.6. The monoisotopic (exact) mass is 375 g/mol. The van der Waals surface area contributed by atoms with E-state index in [1.54, 1.807) is 42.5 Å². The van der Waals surface area contributed by atoms with Gasteiger partial charge in [0.15, 0.2) is 0 Å². The van der Waals surface area contributed by atoms with E-state index in [9.17, 15) is 10.1 Å². The smallest absolute Gasteiger partial charge is 0.274 e. The van der Waals surface area contributed by atoms with Gasteiger partial charge >= 0.3 is 0 Å². The third-order valence-electron chi connectivity index (χ3n) is 3.86. The summed E-state index contributed by atoms with van der Waals surface area (Å²) < 4.78 is 10.4. The van der Waals surface area contributed by atoms with Crippen molar-refractivity contribution in [3.63, 3.8) is 0 Å². The predicted octanol–water partition coefficient (Wildman–Crippen LogP) is 3.36. The minimum Gasteiger partial charge on any atom is -0.497 e. The van der Waals surface area contributed by atoms with Crippen molar-refractivity contribution in [2.75, 3.05) is 24.9 Å². The van der Waals surface area contributed by atoms with E-state index in [1.807, 2.05) is 0 Å². The van der Waals surface area contributed by atoms with Crippen molar-refractivity contribution in [3.8, 4) is 17.6 Å². The van der Waals surface area contributed by atoms with Gasteiger partial charge in [-0.15, -0.1) is 0 Å². The van der Waals surface area contributed by atoms with E-state index in [0.717, 1.165) is 0 Å². The van der Waals surface area contributed by atoms with Crippen molar-refractivity contribution in [1.29, 1.82) is 5.26 Å². The molecule has 0 saturated carbocycles. The van der Waals surface area contributed by atoms with E-state index >= 15 is 0 Å². The van der Waals surface area contributed by atoms with Gasteiger partial charge in [-0.3, -0.25) is 4.79 Å². The van der Waals surface area contributed by atoms with Crippen LogP contribution in [0.5, 0.6) is 11.5 Å². The molecule has 0 bridgehead atoms. The first-order chi connectivity index (χ1) is 13.6. The predicted molar refractivity (Wildman–Crippen MR) is 104 cm³/mol. The number of benzene rings is 2. The number of nitriles is 1. The number of carbonyl (C=O) groups excluding carboxylic acids is 1. The molecule has 1 aromatic heterocycles. The molecule has 0 fully saturated rings. The number of methoxy groups -OCH3 is 2. The van der Waals surface area contributed by atoms with Gasteiger partial charge < -0.3 is 20.1 Å². The SMILES string of the molecule is COc1ccc(OC)c(NC(=O)c2cc(Nc3ccccc3C#N)ncn2)c1. The van der Waals surface area contributed by atoms with E-state index in [2.05, 4.69) is 26.7 Å². The van der Waals surface area contributed by atoms with Gasteiger partial charge in [0.2, 0.25) is 0 Å². The summed E-state index contributed by atoms with van der Waals surface area (Å²) in [5.74, 6) is 1.02. The summed E-state index contributed by atoms with van der Waals surface area (Å²) in [6, 6.07) is 15.7. The Balaban J connectivity index is 1.82. The fraction of sp³-hybridized carbons (Fsp3) is 0.100. The first kappa shape index (κ1) is 18.7. The van der Waals surface area contributed by atoms with Crippen molar-refractivity contribution < 1.29 is 14.3 Å². The number of nitrogens with zero attached hydrogens (tertiary/aromatic N) is 3. The molecule has 0 spiro atoms. The van der Waals surface area contributed by atoms with Crippen LogP contribution in [0.25, 0.3) is 0 Å². The van der Waals surface area contributed by atoms with Crippen LogP contribution in [0.1, 0.15) is 16.1 Å². The zero-order valence-electron chi connectivity index (χ0n) is 15.3. The van der Waals surface area contributed by atoms with E-state index in [1.165, 1.54) is 26.6 Å². The normalized spacial score (nSPS) is 9.89. The molecule has 0 aliphatic carbocycles. The van der Waals surface area contributed by atoms with Crippen molar-refractivity contribution in [2.24, 2.45) is 0 Å². The Morgan fingerprint density at radius 2 is 1.86 bits per heavy atom. The maximum Gasteiger partial charge on any atom is 0.274 e. The minimum absolute atomic E-state index is 0.150. The Morgan fingerprint density at radius 3 is 2.61 bits per heavy atom. The van der Waals surface area contributed by atoms with Crippen LogP contribution in [0.3, 0.4) is 0 Å². The highest BCUT2D eigenvalue weighted by Crippen LogP contribution is 2.29. The molecule has 140 valence electrons. The fourth-order valence-electron chi connectivity index (χ4n) is 2.48. The lowest BCUT2D eigenvalue weighted by Gasteiger charge is -2.12. The van der Waals surface area contributed by atoms with Crippen LogP contribution in [0.15, 0.2) is 54.9 Å². The molecule has 0 atom stereocenters. The zero-order valence-corrected chi connectivity index (χ0v) is 15.3. The maximum atomic E-state index is 12.6. The highest BCUT2D eigenvalue weighted by Gasteiger charge is 2.13. The van der Waals surface area contributed by atoms with Gasteiger partial charge in [-0.1, -0.05) is 12.1 Å². The molecule has 2 N–H and O–H groups in total. The molecule has 1 amide bonds. The van der Waals surface area contributed by atoms with Gasteiger partial charge in [-0.2, -0.15) is 5.26 Å². The third kappa shape index (κ3) is 4.16. The van der Waals surface area contributed by atoms with E-state index in [4.69, 9.17) is 9.47 Å². The molecule has 0 unspecified atom stereocenters. The first-order valence-corrected chi connectivity index (χ1v) is 8.26. The average Bonchev–Trinajstić information content (AvgIpc) is 2.74. The van der Waals surface area contributed by atoms with Crippen LogP contribution in [0, 0.1) is 11.3 Å². The van der Waals surface area contributed by atoms with Crippen LogP contribution in [-0.2, 0) is 0 Å². The van der Waals surface area contributed by atoms with Crippen LogP contribution in [0.4, 0.5) is 17.2 Å². The number of nitrogens with one attached hydrogen (secondary N) is 2. The van der Waals surface area contributed by atoms with Gasteiger partial charge in [0.25, 0.3) is 5.91 Å². The molecule has 3 aromatic rings. The lowest BCUT2D eigenvalue weighted by atomic mass is 10.2. The van der Waals surface area contributed by atoms with Crippen LogP contribution in [0.2, 0.25) is 0 Å². The molecule has 3 rings (SSSR count). The summed E-state index contributed by atoms with van der Waals surface area (Å²) in [5.41, 5.74) is 1.66. The quantitative estimate of drug-likeness (QED) is 0.680. The second-order valence-electron chi connectivity index (χ2n) is 5.59. The van der Waals surface area contributed by atoms with Crippen molar-refractivity contribution >= 4 is 23.1 Å². The van der Waals surface area contributed by atoms with Gasteiger partial charge in [-0.25, -0.2) is 9.97 Å². The lowest BCUT2D eigenvalue weighted by molar-refractivity contribution is 0.102. The third-order valence-corrected chi connectivity index (χ3v) is 3.86. The number of anilines is 3. The molecule has 1 heterocycles. The standard InChI is InChI=1S/C20H17N5O3/c1-27-14-7-8-18(28-2)16(9-14)25-20(26)17-10-19(23-12-22-17)24-15-6-4-3-5-13(15)11-21/h3-10,12H,1-2H3,(H,25,26)(H,22,23,24). The molecule has 8 heteroatoms. The number of rotatable bonds is 6. The zero-order chi connectivity index (χ0) is 19.9. The number of hydrogen-bond donors (Lipinski definition) is 2. The van der Waals surface area contributed by atoms with Gasteiger partial charge in [0.05, 0.1) is 31.2 Å². The van der Waals surface area contributed by atoms with Gasteiger partial charge in [-0.05, 0) is 24.3 Å².